The SMILES string of the molecule is CCOCCOc1ccc(/C=C/C(=O)O)cc1OCC. The molecule has 5 heteroatoms. The molecule has 1 aromatic rings. The van der Waals surface area contributed by atoms with E-state index in [1.165, 1.54) is 6.08 Å². The smallest absolute Gasteiger partial charge is 0.328 e. The molecule has 0 saturated heterocycles. The van der Waals surface area contributed by atoms with Gasteiger partial charge in [-0.25, -0.2) is 4.79 Å². The van der Waals surface area contributed by atoms with Crippen molar-refractivity contribution in [1.29, 1.82) is 0 Å². The van der Waals surface area contributed by atoms with Crippen LogP contribution in [0.3, 0.4) is 0 Å². The summed E-state index contributed by atoms with van der Waals surface area (Å²) < 4.78 is 16.3. The van der Waals surface area contributed by atoms with Gasteiger partial charge in [0.25, 0.3) is 0 Å². The zero-order valence-corrected chi connectivity index (χ0v) is 11.8. The van der Waals surface area contributed by atoms with Crippen molar-refractivity contribution in [3.8, 4) is 11.5 Å². The highest BCUT2D eigenvalue weighted by molar-refractivity contribution is 5.85. The molecule has 0 aliphatic heterocycles. The van der Waals surface area contributed by atoms with E-state index in [4.69, 9.17) is 19.3 Å². The Kier molecular flexibility index (Phi) is 7.21. The predicted molar refractivity (Wildman–Crippen MR) is 76.3 cm³/mol. The highest BCUT2D eigenvalue weighted by atomic mass is 16.5. The molecule has 1 N–H and O–H groups in total. The fraction of sp³-hybridized carbons (Fsp3) is 0.400. The highest BCUT2D eigenvalue weighted by Crippen LogP contribution is 2.29. The van der Waals surface area contributed by atoms with Crippen molar-refractivity contribution in [3.63, 3.8) is 0 Å². The molecule has 20 heavy (non-hydrogen) atoms. The van der Waals surface area contributed by atoms with E-state index in [-0.39, 0.29) is 0 Å². The van der Waals surface area contributed by atoms with Gasteiger partial charge in [0.15, 0.2) is 11.5 Å². The van der Waals surface area contributed by atoms with Crippen LogP contribution in [0, 0.1) is 0 Å². The van der Waals surface area contributed by atoms with E-state index < -0.39 is 5.97 Å². The van der Waals surface area contributed by atoms with Crippen LogP contribution in [0.5, 0.6) is 11.5 Å². The van der Waals surface area contributed by atoms with Gasteiger partial charge in [-0.3, -0.25) is 0 Å². The van der Waals surface area contributed by atoms with Gasteiger partial charge in [-0.1, -0.05) is 6.07 Å². The molecule has 0 radical (unpaired) electrons. The van der Waals surface area contributed by atoms with Crippen LogP contribution in [0.2, 0.25) is 0 Å². The van der Waals surface area contributed by atoms with Gasteiger partial charge in [-0.15, -0.1) is 0 Å². The fourth-order valence-electron chi connectivity index (χ4n) is 1.54. The highest BCUT2D eigenvalue weighted by Gasteiger charge is 2.05. The summed E-state index contributed by atoms with van der Waals surface area (Å²) in [6.45, 7) is 5.93. The van der Waals surface area contributed by atoms with Crippen molar-refractivity contribution in [1.82, 2.24) is 0 Å². The molecule has 0 spiro atoms. The standard InChI is InChI=1S/C15H20O5/c1-3-18-9-10-20-13-7-5-12(6-8-15(16)17)11-14(13)19-4-2/h5-8,11H,3-4,9-10H2,1-2H3,(H,16,17)/b8-6+. The number of aliphatic carboxylic acids is 1. The number of rotatable bonds is 9. The lowest BCUT2D eigenvalue weighted by Crippen LogP contribution is -2.07. The van der Waals surface area contributed by atoms with Crippen LogP contribution in [0.4, 0.5) is 0 Å². The van der Waals surface area contributed by atoms with Gasteiger partial charge in [0.05, 0.1) is 13.2 Å². The lowest BCUT2D eigenvalue weighted by molar-refractivity contribution is -0.131. The summed E-state index contributed by atoms with van der Waals surface area (Å²) in [5, 5.41) is 8.61. The topological polar surface area (TPSA) is 65.0 Å². The molecule has 0 saturated carbocycles. The van der Waals surface area contributed by atoms with Crippen molar-refractivity contribution in [2.75, 3.05) is 26.4 Å². The summed E-state index contributed by atoms with van der Waals surface area (Å²) in [5.74, 6) is 0.232. The molecular formula is C15H20O5. The second kappa shape index (κ2) is 8.98. The van der Waals surface area contributed by atoms with Crippen LogP contribution in [0.15, 0.2) is 24.3 Å². The minimum absolute atomic E-state index is 0.443. The molecule has 0 bridgehead atoms. The van der Waals surface area contributed by atoms with Crippen molar-refractivity contribution < 1.29 is 24.1 Å². The first-order valence-corrected chi connectivity index (χ1v) is 6.55. The van der Waals surface area contributed by atoms with Crippen LogP contribution in [-0.4, -0.2) is 37.5 Å². The van der Waals surface area contributed by atoms with Crippen LogP contribution in [0.1, 0.15) is 19.4 Å². The van der Waals surface area contributed by atoms with Gasteiger partial charge in [0, 0.05) is 12.7 Å². The number of hydrogen-bond acceptors (Lipinski definition) is 4. The Hall–Kier alpha value is -2.01. The zero-order valence-electron chi connectivity index (χ0n) is 11.8. The minimum Gasteiger partial charge on any atom is -0.490 e. The lowest BCUT2D eigenvalue weighted by atomic mass is 10.2. The monoisotopic (exact) mass is 280 g/mol. The molecule has 0 aliphatic carbocycles. The molecule has 0 atom stereocenters. The molecule has 5 nitrogen and oxygen atoms in total. The van der Waals surface area contributed by atoms with Crippen LogP contribution in [-0.2, 0) is 9.53 Å². The fourth-order valence-corrected chi connectivity index (χ4v) is 1.54. The quantitative estimate of drug-likeness (QED) is 0.556. The maximum atomic E-state index is 10.5. The van der Waals surface area contributed by atoms with Crippen molar-refractivity contribution in [2.45, 2.75) is 13.8 Å². The normalized spacial score (nSPS) is 10.7. The van der Waals surface area contributed by atoms with Crippen molar-refractivity contribution in [2.24, 2.45) is 0 Å². The lowest BCUT2D eigenvalue weighted by Gasteiger charge is -2.12. The Balaban J connectivity index is 2.76. The molecule has 0 aliphatic rings. The van der Waals surface area contributed by atoms with Gasteiger partial charge in [0.1, 0.15) is 6.61 Å². The minimum atomic E-state index is -0.986. The number of carboxylic acid groups (broad SMARTS) is 1. The second-order valence-electron chi connectivity index (χ2n) is 3.86. The first-order valence-electron chi connectivity index (χ1n) is 6.55. The molecule has 110 valence electrons. The van der Waals surface area contributed by atoms with Gasteiger partial charge < -0.3 is 19.3 Å². The zero-order chi connectivity index (χ0) is 14.8. The molecular weight excluding hydrogens is 260 g/mol. The summed E-state index contributed by atoms with van der Waals surface area (Å²) in [5.41, 5.74) is 0.744. The maximum Gasteiger partial charge on any atom is 0.328 e. The van der Waals surface area contributed by atoms with E-state index in [2.05, 4.69) is 0 Å². The van der Waals surface area contributed by atoms with Crippen LogP contribution in [0.25, 0.3) is 6.08 Å². The molecule has 0 heterocycles. The summed E-state index contributed by atoms with van der Waals surface area (Å²) in [7, 11) is 0. The number of carbonyl (C=O) groups is 1. The van der Waals surface area contributed by atoms with E-state index in [1.807, 2.05) is 13.8 Å². The van der Waals surface area contributed by atoms with Crippen molar-refractivity contribution >= 4 is 12.0 Å². The summed E-state index contributed by atoms with van der Waals surface area (Å²) >= 11 is 0. The number of benzene rings is 1. The maximum absolute atomic E-state index is 10.5. The number of ether oxygens (including phenoxy) is 3. The van der Waals surface area contributed by atoms with E-state index >= 15 is 0 Å². The molecule has 0 amide bonds. The average Bonchev–Trinajstić information content (AvgIpc) is 2.43. The third-order valence-corrected chi connectivity index (χ3v) is 2.38. The summed E-state index contributed by atoms with van der Waals surface area (Å²) in [4.78, 5) is 10.5. The summed E-state index contributed by atoms with van der Waals surface area (Å²) in [6.07, 6.45) is 2.59. The number of hydrogen-bond donors (Lipinski definition) is 1. The Bertz CT molecular complexity index is 454. The third-order valence-electron chi connectivity index (χ3n) is 2.38. The van der Waals surface area contributed by atoms with Crippen molar-refractivity contribution in [3.05, 3.63) is 29.8 Å². The molecule has 0 fully saturated rings. The van der Waals surface area contributed by atoms with Gasteiger partial charge >= 0.3 is 5.97 Å². The Morgan fingerprint density at radius 3 is 2.60 bits per heavy atom. The molecule has 0 aromatic heterocycles. The Morgan fingerprint density at radius 2 is 1.95 bits per heavy atom. The van der Waals surface area contributed by atoms with Crippen LogP contribution < -0.4 is 9.47 Å². The Morgan fingerprint density at radius 1 is 1.15 bits per heavy atom. The van der Waals surface area contributed by atoms with Gasteiger partial charge in [-0.2, -0.15) is 0 Å². The van der Waals surface area contributed by atoms with E-state index in [0.717, 1.165) is 11.6 Å². The van der Waals surface area contributed by atoms with E-state index in [9.17, 15) is 4.79 Å². The van der Waals surface area contributed by atoms with Gasteiger partial charge in [0.2, 0.25) is 0 Å². The average molecular weight is 280 g/mol. The molecule has 1 aromatic carbocycles. The summed E-state index contributed by atoms with van der Waals surface area (Å²) in [6, 6.07) is 5.29. The first kappa shape index (κ1) is 16.0. The third kappa shape index (κ3) is 5.75. The first-order chi connectivity index (χ1) is 9.67. The largest absolute Gasteiger partial charge is 0.490 e. The van der Waals surface area contributed by atoms with E-state index in [0.29, 0.717) is 37.9 Å². The number of carboxylic acids is 1. The molecule has 1 rings (SSSR count). The second-order valence-corrected chi connectivity index (χ2v) is 3.86. The van der Waals surface area contributed by atoms with Gasteiger partial charge in [-0.05, 0) is 37.6 Å². The van der Waals surface area contributed by atoms with Crippen LogP contribution >= 0.6 is 0 Å². The molecule has 0 unspecified atom stereocenters. The Labute approximate surface area is 118 Å². The predicted octanol–water partition coefficient (Wildman–Crippen LogP) is 2.60. The van der Waals surface area contributed by atoms with E-state index in [1.54, 1.807) is 18.2 Å².